The van der Waals surface area contributed by atoms with E-state index < -0.39 is 0 Å². The normalized spacial score (nSPS) is 17.0. The van der Waals surface area contributed by atoms with Gasteiger partial charge in [-0.05, 0) is 18.4 Å². The summed E-state index contributed by atoms with van der Waals surface area (Å²) in [6.07, 6.45) is 0. The molecule has 1 aromatic carbocycles. The second kappa shape index (κ2) is 6.16. The molecule has 4 nitrogen and oxygen atoms in total. The van der Waals surface area contributed by atoms with Gasteiger partial charge in [0.1, 0.15) is 0 Å². The maximum Gasteiger partial charge on any atom is 0.0843 e. The van der Waals surface area contributed by atoms with E-state index in [-0.39, 0.29) is 0 Å². The summed E-state index contributed by atoms with van der Waals surface area (Å²) in [5.41, 5.74) is 3.82. The maximum absolute atomic E-state index is 5.43. The van der Waals surface area contributed by atoms with Crippen molar-refractivity contribution in [2.45, 2.75) is 33.9 Å². The number of ether oxygens (including phenoxy) is 1. The minimum atomic E-state index is 0.601. The molecule has 2 heterocycles. The third-order valence-electron chi connectivity index (χ3n) is 4.06. The molecule has 0 amide bonds. The van der Waals surface area contributed by atoms with Gasteiger partial charge in [-0.2, -0.15) is 5.10 Å². The fraction of sp³-hybridized carbons (Fsp3) is 0.588. The van der Waals surface area contributed by atoms with Gasteiger partial charge >= 0.3 is 0 Å². The molecule has 0 aliphatic carbocycles. The first kappa shape index (κ1) is 14.5. The van der Waals surface area contributed by atoms with Gasteiger partial charge in [-0.15, -0.1) is 0 Å². The zero-order valence-electron chi connectivity index (χ0n) is 13.3. The Morgan fingerprint density at radius 1 is 1.24 bits per heavy atom. The van der Waals surface area contributed by atoms with E-state index in [0.717, 1.165) is 39.4 Å². The summed E-state index contributed by atoms with van der Waals surface area (Å²) in [6.45, 7) is 12.3. The van der Waals surface area contributed by atoms with Crippen LogP contribution in [0.4, 0.5) is 0 Å². The second-order valence-corrected chi connectivity index (χ2v) is 6.38. The summed E-state index contributed by atoms with van der Waals surface area (Å²) < 4.78 is 7.63. The monoisotopic (exact) mass is 287 g/mol. The molecule has 2 aromatic rings. The Morgan fingerprint density at radius 2 is 2.00 bits per heavy atom. The molecule has 114 valence electrons. The zero-order valence-corrected chi connectivity index (χ0v) is 13.3. The van der Waals surface area contributed by atoms with Crippen LogP contribution in [0.3, 0.4) is 0 Å². The van der Waals surface area contributed by atoms with Crippen LogP contribution in [0, 0.1) is 12.8 Å². The Morgan fingerprint density at radius 3 is 2.71 bits per heavy atom. The summed E-state index contributed by atoms with van der Waals surface area (Å²) in [5, 5.41) is 6.23. The Balaban J connectivity index is 1.95. The highest BCUT2D eigenvalue weighted by Gasteiger charge is 2.17. The number of rotatable bonds is 4. The molecule has 21 heavy (non-hydrogen) atoms. The van der Waals surface area contributed by atoms with Gasteiger partial charge in [0, 0.05) is 31.6 Å². The standard InChI is InChI=1S/C17H25N3O/c1-13(2)11-20-17-14(3)5-4-6-15(17)16(18-20)12-19-7-9-21-10-8-19/h4-6,13H,7-12H2,1-3H3. The van der Waals surface area contributed by atoms with Gasteiger partial charge < -0.3 is 4.74 Å². The molecular weight excluding hydrogens is 262 g/mol. The summed E-state index contributed by atoms with van der Waals surface area (Å²) in [6, 6.07) is 6.53. The van der Waals surface area contributed by atoms with Gasteiger partial charge in [0.05, 0.1) is 24.4 Å². The van der Waals surface area contributed by atoms with Gasteiger partial charge in [0.2, 0.25) is 0 Å². The molecule has 0 saturated carbocycles. The van der Waals surface area contributed by atoms with Crippen LogP contribution in [0.15, 0.2) is 18.2 Å². The quantitative estimate of drug-likeness (QED) is 0.866. The van der Waals surface area contributed by atoms with Crippen LogP contribution in [-0.4, -0.2) is 41.0 Å². The van der Waals surface area contributed by atoms with E-state index in [2.05, 4.69) is 48.6 Å². The van der Waals surface area contributed by atoms with E-state index in [0.29, 0.717) is 5.92 Å². The topological polar surface area (TPSA) is 30.3 Å². The zero-order chi connectivity index (χ0) is 14.8. The molecular formula is C17H25N3O. The number of benzene rings is 1. The van der Waals surface area contributed by atoms with Gasteiger partial charge in [0.25, 0.3) is 0 Å². The first-order valence-electron chi connectivity index (χ1n) is 7.90. The van der Waals surface area contributed by atoms with Crippen molar-refractivity contribution in [2.24, 2.45) is 5.92 Å². The summed E-state index contributed by atoms with van der Waals surface area (Å²) >= 11 is 0. The van der Waals surface area contributed by atoms with Crippen molar-refractivity contribution >= 4 is 10.9 Å². The van der Waals surface area contributed by atoms with Crippen molar-refractivity contribution < 1.29 is 4.74 Å². The number of nitrogens with zero attached hydrogens (tertiary/aromatic N) is 3. The minimum absolute atomic E-state index is 0.601. The van der Waals surface area contributed by atoms with Gasteiger partial charge in [-0.1, -0.05) is 32.0 Å². The molecule has 1 aliphatic rings. The van der Waals surface area contributed by atoms with E-state index in [9.17, 15) is 0 Å². The van der Waals surface area contributed by atoms with E-state index in [1.54, 1.807) is 0 Å². The smallest absolute Gasteiger partial charge is 0.0843 e. The van der Waals surface area contributed by atoms with Crippen LogP contribution in [0.25, 0.3) is 10.9 Å². The number of fused-ring (bicyclic) bond motifs is 1. The molecule has 3 rings (SSSR count). The predicted molar refractivity (Wildman–Crippen MR) is 85.4 cm³/mol. The highest BCUT2D eigenvalue weighted by atomic mass is 16.5. The fourth-order valence-electron chi connectivity index (χ4n) is 3.05. The number of aryl methyl sites for hydroxylation is 1. The minimum Gasteiger partial charge on any atom is -0.379 e. The van der Waals surface area contributed by atoms with Crippen LogP contribution < -0.4 is 0 Å². The molecule has 0 radical (unpaired) electrons. The lowest BCUT2D eigenvalue weighted by Crippen LogP contribution is -2.35. The van der Waals surface area contributed by atoms with E-state index in [4.69, 9.17) is 9.84 Å². The Hall–Kier alpha value is -1.39. The van der Waals surface area contributed by atoms with Crippen molar-refractivity contribution in [1.29, 1.82) is 0 Å². The molecule has 0 atom stereocenters. The maximum atomic E-state index is 5.43. The Bertz CT molecular complexity index is 612. The molecule has 4 heteroatoms. The van der Waals surface area contributed by atoms with E-state index in [1.165, 1.54) is 22.2 Å². The molecule has 0 unspecified atom stereocenters. The number of hydrogen-bond acceptors (Lipinski definition) is 3. The van der Waals surface area contributed by atoms with Crippen LogP contribution in [0.5, 0.6) is 0 Å². The second-order valence-electron chi connectivity index (χ2n) is 6.38. The number of hydrogen-bond donors (Lipinski definition) is 0. The number of para-hydroxylation sites is 1. The van der Waals surface area contributed by atoms with Gasteiger partial charge in [-0.3, -0.25) is 9.58 Å². The van der Waals surface area contributed by atoms with Gasteiger partial charge in [0.15, 0.2) is 0 Å². The molecule has 1 aromatic heterocycles. The van der Waals surface area contributed by atoms with E-state index >= 15 is 0 Å². The molecule has 0 N–H and O–H groups in total. The average Bonchev–Trinajstić information content (AvgIpc) is 2.78. The summed E-state index contributed by atoms with van der Waals surface area (Å²) in [4.78, 5) is 2.44. The van der Waals surface area contributed by atoms with Crippen molar-refractivity contribution in [3.63, 3.8) is 0 Å². The van der Waals surface area contributed by atoms with Crippen molar-refractivity contribution in [3.8, 4) is 0 Å². The molecule has 1 saturated heterocycles. The van der Waals surface area contributed by atoms with Gasteiger partial charge in [-0.25, -0.2) is 0 Å². The average molecular weight is 287 g/mol. The highest BCUT2D eigenvalue weighted by molar-refractivity contribution is 5.84. The highest BCUT2D eigenvalue weighted by Crippen LogP contribution is 2.24. The van der Waals surface area contributed by atoms with Crippen molar-refractivity contribution in [2.75, 3.05) is 26.3 Å². The van der Waals surface area contributed by atoms with Crippen LogP contribution in [-0.2, 0) is 17.8 Å². The van der Waals surface area contributed by atoms with E-state index in [1.807, 2.05) is 0 Å². The van der Waals surface area contributed by atoms with Crippen LogP contribution in [0.2, 0.25) is 0 Å². The number of aromatic nitrogens is 2. The fourth-order valence-corrected chi connectivity index (χ4v) is 3.05. The lowest BCUT2D eigenvalue weighted by molar-refractivity contribution is 0.0337. The molecule has 1 fully saturated rings. The first-order chi connectivity index (χ1) is 10.1. The largest absolute Gasteiger partial charge is 0.379 e. The summed E-state index contributed by atoms with van der Waals surface area (Å²) in [5.74, 6) is 0.601. The third kappa shape index (κ3) is 3.11. The lowest BCUT2D eigenvalue weighted by Gasteiger charge is -2.25. The van der Waals surface area contributed by atoms with Crippen molar-refractivity contribution in [3.05, 3.63) is 29.5 Å². The van der Waals surface area contributed by atoms with Crippen LogP contribution >= 0.6 is 0 Å². The Labute approximate surface area is 126 Å². The molecule has 0 bridgehead atoms. The summed E-state index contributed by atoms with van der Waals surface area (Å²) in [7, 11) is 0. The molecule has 0 spiro atoms. The number of morpholine rings is 1. The van der Waals surface area contributed by atoms with Crippen LogP contribution in [0.1, 0.15) is 25.1 Å². The predicted octanol–water partition coefficient (Wildman–Crippen LogP) is 2.83. The van der Waals surface area contributed by atoms with Crippen molar-refractivity contribution in [1.82, 2.24) is 14.7 Å². The Kier molecular flexibility index (Phi) is 4.27. The molecule has 1 aliphatic heterocycles. The SMILES string of the molecule is Cc1cccc2c(CN3CCOCC3)nn(CC(C)C)c12. The third-order valence-corrected chi connectivity index (χ3v) is 4.06. The first-order valence-corrected chi connectivity index (χ1v) is 7.90. The lowest BCUT2D eigenvalue weighted by atomic mass is 10.1.